The van der Waals surface area contributed by atoms with Crippen LogP contribution in [0.5, 0.6) is 17.2 Å². The first-order valence-corrected chi connectivity index (χ1v) is 13.0. The first kappa shape index (κ1) is 29.2. The maximum Gasteiger partial charge on any atom is 0.343 e. The largest absolute Gasteiger partial charge is 0.494 e. The van der Waals surface area contributed by atoms with E-state index in [1.165, 1.54) is 5.56 Å². The van der Waals surface area contributed by atoms with Crippen molar-refractivity contribution in [3.8, 4) is 17.2 Å². The Morgan fingerprint density at radius 2 is 1.15 bits per heavy atom. The third-order valence-corrected chi connectivity index (χ3v) is 5.73. The third-order valence-electron chi connectivity index (χ3n) is 5.73. The van der Waals surface area contributed by atoms with Gasteiger partial charge in [0.1, 0.15) is 17.2 Å². The van der Waals surface area contributed by atoms with Gasteiger partial charge in [-0.1, -0.05) is 32.1 Å². The standard InChI is InChI=1S/C32H34O7/c1-4-5-8-24-9-11-25(12-10-24)31(34)38-28-17-19-29(20-18-28)39-32(35)26-13-15-27(16-14-26)36-21-6-7-22-37-30(33)23(2)3/h9-20H,2,4-8,21-22H2,1,3H3. The number of unbranched alkanes of at least 4 members (excludes halogenated alkanes) is 2. The zero-order valence-corrected chi connectivity index (χ0v) is 22.4. The zero-order chi connectivity index (χ0) is 28.0. The van der Waals surface area contributed by atoms with E-state index in [4.69, 9.17) is 18.9 Å². The molecule has 0 bridgehead atoms. The number of aryl methyl sites for hydroxylation is 1. The number of hydrogen-bond acceptors (Lipinski definition) is 7. The first-order chi connectivity index (χ1) is 18.9. The topological polar surface area (TPSA) is 88.1 Å². The molecule has 39 heavy (non-hydrogen) atoms. The highest BCUT2D eigenvalue weighted by atomic mass is 16.5. The molecule has 3 rings (SSSR count). The summed E-state index contributed by atoms with van der Waals surface area (Å²) in [4.78, 5) is 36.3. The number of benzene rings is 3. The lowest BCUT2D eigenvalue weighted by atomic mass is 10.1. The summed E-state index contributed by atoms with van der Waals surface area (Å²) in [6.45, 7) is 8.06. The predicted octanol–water partition coefficient (Wildman–Crippen LogP) is 6.75. The molecule has 0 aliphatic rings. The molecule has 0 spiro atoms. The Hall–Kier alpha value is -4.39. The van der Waals surface area contributed by atoms with Crippen molar-refractivity contribution >= 4 is 17.9 Å². The highest BCUT2D eigenvalue weighted by molar-refractivity contribution is 5.92. The molecule has 0 amide bonds. The van der Waals surface area contributed by atoms with E-state index in [1.54, 1.807) is 67.6 Å². The van der Waals surface area contributed by atoms with E-state index in [0.717, 1.165) is 19.3 Å². The smallest absolute Gasteiger partial charge is 0.343 e. The number of hydrogen-bond donors (Lipinski definition) is 0. The van der Waals surface area contributed by atoms with Crippen molar-refractivity contribution in [1.82, 2.24) is 0 Å². The molecule has 0 aromatic heterocycles. The molecule has 0 N–H and O–H groups in total. The van der Waals surface area contributed by atoms with Gasteiger partial charge in [0.15, 0.2) is 0 Å². The van der Waals surface area contributed by atoms with Crippen LogP contribution in [0.2, 0.25) is 0 Å². The molecule has 0 unspecified atom stereocenters. The number of carbonyl (C=O) groups excluding carboxylic acids is 3. The molecule has 3 aromatic carbocycles. The summed E-state index contributed by atoms with van der Waals surface area (Å²) in [6, 6.07) is 20.3. The molecule has 7 nitrogen and oxygen atoms in total. The summed E-state index contributed by atoms with van der Waals surface area (Å²) < 4.78 is 21.6. The average Bonchev–Trinajstić information content (AvgIpc) is 2.95. The molecule has 0 aliphatic carbocycles. The van der Waals surface area contributed by atoms with Crippen molar-refractivity contribution in [2.45, 2.75) is 46.0 Å². The summed E-state index contributed by atoms with van der Waals surface area (Å²) in [7, 11) is 0. The molecule has 0 radical (unpaired) electrons. The number of rotatable bonds is 14. The summed E-state index contributed by atoms with van der Waals surface area (Å²) in [5.74, 6) is -0.0636. The zero-order valence-electron chi connectivity index (χ0n) is 22.4. The van der Waals surface area contributed by atoms with E-state index in [-0.39, 0.29) is 0 Å². The fourth-order valence-corrected chi connectivity index (χ4v) is 3.47. The third kappa shape index (κ3) is 9.78. The summed E-state index contributed by atoms with van der Waals surface area (Å²) in [6.07, 6.45) is 4.61. The quantitative estimate of drug-likeness (QED) is 0.0986. The Labute approximate surface area is 229 Å². The fourth-order valence-electron chi connectivity index (χ4n) is 3.47. The summed E-state index contributed by atoms with van der Waals surface area (Å²) in [5, 5.41) is 0. The van der Waals surface area contributed by atoms with Crippen LogP contribution in [0, 0.1) is 0 Å². The van der Waals surface area contributed by atoms with Crippen LogP contribution in [0.1, 0.15) is 65.8 Å². The van der Waals surface area contributed by atoms with E-state index < -0.39 is 17.9 Å². The van der Waals surface area contributed by atoms with Crippen LogP contribution in [0.15, 0.2) is 84.9 Å². The van der Waals surface area contributed by atoms with E-state index in [0.29, 0.717) is 60.0 Å². The maximum absolute atomic E-state index is 12.5. The van der Waals surface area contributed by atoms with Gasteiger partial charge in [0.05, 0.1) is 24.3 Å². The normalized spacial score (nSPS) is 10.4. The minimum Gasteiger partial charge on any atom is -0.494 e. The SMILES string of the molecule is C=C(C)C(=O)OCCCCOc1ccc(C(=O)Oc2ccc(OC(=O)c3ccc(CCCC)cc3)cc2)cc1. The van der Waals surface area contributed by atoms with Crippen LogP contribution in [-0.4, -0.2) is 31.1 Å². The minimum atomic E-state index is -0.520. The molecule has 0 saturated carbocycles. The summed E-state index contributed by atoms with van der Waals surface area (Å²) in [5.41, 5.74) is 2.41. The Bertz CT molecular complexity index is 1240. The molecular formula is C32H34O7. The second-order valence-corrected chi connectivity index (χ2v) is 9.05. The molecule has 0 heterocycles. The lowest BCUT2D eigenvalue weighted by Gasteiger charge is -2.09. The second-order valence-electron chi connectivity index (χ2n) is 9.05. The van der Waals surface area contributed by atoms with Crippen molar-refractivity contribution in [1.29, 1.82) is 0 Å². The van der Waals surface area contributed by atoms with E-state index in [1.807, 2.05) is 12.1 Å². The highest BCUT2D eigenvalue weighted by Crippen LogP contribution is 2.21. The number of ether oxygens (including phenoxy) is 4. The van der Waals surface area contributed by atoms with E-state index in [9.17, 15) is 14.4 Å². The fraction of sp³-hybridized carbons (Fsp3) is 0.281. The Morgan fingerprint density at radius 1 is 0.667 bits per heavy atom. The highest BCUT2D eigenvalue weighted by Gasteiger charge is 2.12. The van der Waals surface area contributed by atoms with Gasteiger partial charge >= 0.3 is 17.9 Å². The van der Waals surface area contributed by atoms with Crippen LogP contribution in [0.3, 0.4) is 0 Å². The van der Waals surface area contributed by atoms with Gasteiger partial charge < -0.3 is 18.9 Å². The summed E-state index contributed by atoms with van der Waals surface area (Å²) >= 11 is 0. The molecule has 0 saturated heterocycles. The van der Waals surface area contributed by atoms with Crippen LogP contribution in [0.25, 0.3) is 0 Å². The first-order valence-electron chi connectivity index (χ1n) is 13.0. The van der Waals surface area contributed by atoms with Gasteiger partial charge in [0.2, 0.25) is 0 Å². The average molecular weight is 531 g/mol. The molecule has 0 aliphatic heterocycles. The predicted molar refractivity (Wildman–Crippen MR) is 148 cm³/mol. The number of esters is 3. The van der Waals surface area contributed by atoms with Crippen LogP contribution in [0.4, 0.5) is 0 Å². The maximum atomic E-state index is 12.5. The second kappa shape index (κ2) is 15.1. The van der Waals surface area contributed by atoms with Gasteiger partial charge in [-0.05, 0) is 98.8 Å². The van der Waals surface area contributed by atoms with Crippen molar-refractivity contribution in [3.05, 3.63) is 102 Å². The Kier molecular flexibility index (Phi) is 11.3. The van der Waals surface area contributed by atoms with Crippen molar-refractivity contribution in [2.24, 2.45) is 0 Å². The molecule has 3 aromatic rings. The molecule has 0 atom stereocenters. The molecule has 0 fully saturated rings. The van der Waals surface area contributed by atoms with E-state index in [2.05, 4.69) is 13.5 Å². The monoisotopic (exact) mass is 530 g/mol. The van der Waals surface area contributed by atoms with Crippen LogP contribution >= 0.6 is 0 Å². The lowest BCUT2D eigenvalue weighted by molar-refractivity contribution is -0.139. The lowest BCUT2D eigenvalue weighted by Crippen LogP contribution is -2.10. The van der Waals surface area contributed by atoms with Gasteiger partial charge in [-0.15, -0.1) is 0 Å². The Balaban J connectivity index is 1.41. The van der Waals surface area contributed by atoms with Crippen LogP contribution < -0.4 is 14.2 Å². The van der Waals surface area contributed by atoms with Gasteiger partial charge in [-0.3, -0.25) is 0 Å². The van der Waals surface area contributed by atoms with Crippen molar-refractivity contribution < 1.29 is 33.3 Å². The molecule has 204 valence electrons. The Morgan fingerprint density at radius 3 is 1.67 bits per heavy atom. The molecule has 7 heteroatoms. The van der Waals surface area contributed by atoms with Gasteiger partial charge in [0, 0.05) is 5.57 Å². The van der Waals surface area contributed by atoms with Crippen molar-refractivity contribution in [2.75, 3.05) is 13.2 Å². The van der Waals surface area contributed by atoms with E-state index >= 15 is 0 Å². The minimum absolute atomic E-state index is 0.316. The van der Waals surface area contributed by atoms with Gasteiger partial charge in [-0.2, -0.15) is 0 Å². The van der Waals surface area contributed by atoms with Crippen LogP contribution in [-0.2, 0) is 16.0 Å². The molecular weight excluding hydrogens is 496 g/mol. The number of carbonyl (C=O) groups is 3. The van der Waals surface area contributed by atoms with Crippen molar-refractivity contribution in [3.63, 3.8) is 0 Å². The van der Waals surface area contributed by atoms with Gasteiger partial charge in [0.25, 0.3) is 0 Å². The van der Waals surface area contributed by atoms with Gasteiger partial charge in [-0.25, -0.2) is 14.4 Å².